The number of carbonyl (C=O) groups is 1. The van der Waals surface area contributed by atoms with Crippen molar-refractivity contribution in [1.82, 2.24) is 19.4 Å². The van der Waals surface area contributed by atoms with Crippen LogP contribution in [0.1, 0.15) is 72.9 Å². The summed E-state index contributed by atoms with van der Waals surface area (Å²) in [4.78, 5) is 39.1. The smallest absolute Gasteiger partial charge is 0.270 e. The van der Waals surface area contributed by atoms with Gasteiger partial charge < -0.3 is 29.0 Å². The summed E-state index contributed by atoms with van der Waals surface area (Å²) in [5.74, 6) is 0.865. The molecule has 1 aromatic carbocycles. The maximum absolute atomic E-state index is 13.0. The summed E-state index contributed by atoms with van der Waals surface area (Å²) < 4.78 is 8.78. The monoisotopic (exact) mass is 613 g/mol. The summed E-state index contributed by atoms with van der Waals surface area (Å²) in [6, 6.07) is 6.63. The van der Waals surface area contributed by atoms with Crippen molar-refractivity contribution in [3.63, 3.8) is 0 Å². The van der Waals surface area contributed by atoms with Gasteiger partial charge in [-0.15, -0.1) is 11.3 Å². The summed E-state index contributed by atoms with van der Waals surface area (Å²) in [6.45, 7) is 1.67. The predicted octanol–water partition coefficient (Wildman–Crippen LogP) is 6.08. The number of piperidine rings is 1. The quantitative estimate of drug-likeness (QED) is 0.221. The van der Waals surface area contributed by atoms with Crippen LogP contribution in [0.4, 0.5) is 5.88 Å². The van der Waals surface area contributed by atoms with Crippen molar-refractivity contribution in [2.24, 2.45) is 0 Å². The van der Waals surface area contributed by atoms with E-state index < -0.39 is 0 Å². The standard InChI is InChI=1S/C33H35N5O5S/c1-36(2)33(42)24-12-20-17-34-28(35-32(20)38(24)21-8-4-5-9-21)14-19-13-26(40)22(15-25(19)39)23-18-44-31-27(41)16-29(43-30(23)31)37-10-6-3-7-11-37/h12-13,15-18,21,39-40H,3-11,14H2,1-2H3. The molecule has 1 saturated heterocycles. The third-order valence-corrected chi connectivity index (χ3v) is 9.85. The zero-order valence-electron chi connectivity index (χ0n) is 24.9. The Morgan fingerprint density at radius 2 is 1.80 bits per heavy atom. The number of carbonyl (C=O) groups excluding carboxylic acids is 1. The van der Waals surface area contributed by atoms with E-state index in [-0.39, 0.29) is 35.3 Å². The van der Waals surface area contributed by atoms with E-state index in [0.29, 0.717) is 50.0 Å². The number of rotatable bonds is 6. The fourth-order valence-corrected chi connectivity index (χ4v) is 7.49. The number of thiophene rings is 1. The number of phenols is 2. The van der Waals surface area contributed by atoms with Gasteiger partial charge in [0.1, 0.15) is 33.4 Å². The maximum atomic E-state index is 13.0. The zero-order chi connectivity index (χ0) is 30.5. The molecule has 10 nitrogen and oxygen atoms in total. The summed E-state index contributed by atoms with van der Waals surface area (Å²) >= 11 is 1.26. The maximum Gasteiger partial charge on any atom is 0.270 e. The molecule has 7 rings (SSSR count). The summed E-state index contributed by atoms with van der Waals surface area (Å²) in [5.41, 5.74) is 3.01. The Kier molecular flexibility index (Phi) is 7.28. The van der Waals surface area contributed by atoms with E-state index in [4.69, 9.17) is 9.40 Å². The van der Waals surface area contributed by atoms with Crippen LogP contribution in [-0.4, -0.2) is 62.7 Å². The van der Waals surface area contributed by atoms with E-state index in [0.717, 1.165) is 63.4 Å². The summed E-state index contributed by atoms with van der Waals surface area (Å²) in [7, 11) is 3.49. The van der Waals surface area contributed by atoms with E-state index in [1.54, 1.807) is 36.6 Å². The highest BCUT2D eigenvalue weighted by Crippen LogP contribution is 2.42. The van der Waals surface area contributed by atoms with Crippen LogP contribution in [0.2, 0.25) is 0 Å². The first kappa shape index (κ1) is 28.4. The molecule has 0 atom stereocenters. The number of aromatic nitrogens is 3. The molecule has 4 aromatic heterocycles. The lowest BCUT2D eigenvalue weighted by Gasteiger charge is -2.26. The molecular weight excluding hydrogens is 578 g/mol. The number of aromatic hydroxyl groups is 2. The molecule has 11 heteroatoms. The molecule has 2 aliphatic rings. The highest BCUT2D eigenvalue weighted by atomic mass is 32.1. The minimum absolute atomic E-state index is 0.0231. The third-order valence-electron chi connectivity index (χ3n) is 8.87. The molecule has 1 saturated carbocycles. The van der Waals surface area contributed by atoms with E-state index >= 15 is 0 Å². The SMILES string of the molecule is CN(C)C(=O)c1cc2cnc(Cc3cc(O)c(-c4csc5c(=O)cc(N6CCCCC6)oc45)cc3O)nc2n1C1CCCC1. The van der Waals surface area contributed by atoms with Crippen LogP contribution in [0.15, 0.2) is 45.1 Å². The number of anilines is 1. The van der Waals surface area contributed by atoms with E-state index in [9.17, 15) is 19.8 Å². The number of fused-ring (bicyclic) bond motifs is 2. The molecule has 5 heterocycles. The second kappa shape index (κ2) is 11.3. The van der Waals surface area contributed by atoms with Crippen molar-refractivity contribution in [1.29, 1.82) is 0 Å². The first-order valence-electron chi connectivity index (χ1n) is 15.2. The van der Waals surface area contributed by atoms with Gasteiger partial charge in [-0.25, -0.2) is 9.97 Å². The average Bonchev–Trinajstić information content (AvgIpc) is 3.77. The second-order valence-corrected chi connectivity index (χ2v) is 13.0. The van der Waals surface area contributed by atoms with Crippen molar-refractivity contribution < 1.29 is 19.4 Å². The number of benzene rings is 1. The van der Waals surface area contributed by atoms with Crippen LogP contribution in [0.3, 0.4) is 0 Å². The van der Waals surface area contributed by atoms with Crippen molar-refractivity contribution in [3.8, 4) is 22.6 Å². The van der Waals surface area contributed by atoms with Gasteiger partial charge in [-0.2, -0.15) is 0 Å². The minimum atomic E-state index is -0.117. The van der Waals surface area contributed by atoms with Crippen LogP contribution in [0.5, 0.6) is 11.5 Å². The van der Waals surface area contributed by atoms with Crippen molar-refractivity contribution in [2.75, 3.05) is 32.1 Å². The molecule has 44 heavy (non-hydrogen) atoms. The van der Waals surface area contributed by atoms with Gasteiger partial charge in [-0.05, 0) is 50.3 Å². The first-order valence-corrected chi connectivity index (χ1v) is 16.1. The number of nitrogens with zero attached hydrogens (tertiary/aromatic N) is 5. The van der Waals surface area contributed by atoms with E-state index in [1.165, 1.54) is 23.5 Å². The van der Waals surface area contributed by atoms with Gasteiger partial charge in [0.2, 0.25) is 5.43 Å². The summed E-state index contributed by atoms with van der Waals surface area (Å²) in [6.07, 6.45) is 9.36. The van der Waals surface area contributed by atoms with Gasteiger partial charge in [0.15, 0.2) is 11.5 Å². The number of amides is 1. The Morgan fingerprint density at radius 1 is 1.02 bits per heavy atom. The van der Waals surface area contributed by atoms with Gasteiger partial charge in [0, 0.05) is 79.4 Å². The van der Waals surface area contributed by atoms with Crippen LogP contribution in [-0.2, 0) is 6.42 Å². The molecule has 1 aliphatic heterocycles. The second-order valence-electron chi connectivity index (χ2n) is 12.1. The molecular formula is C33H35N5O5S. The topological polar surface area (TPSA) is 125 Å². The van der Waals surface area contributed by atoms with Crippen molar-refractivity contribution in [3.05, 3.63) is 63.1 Å². The lowest BCUT2D eigenvalue weighted by Crippen LogP contribution is -2.29. The molecule has 0 unspecified atom stereocenters. The van der Waals surface area contributed by atoms with Gasteiger partial charge in [-0.1, -0.05) is 12.8 Å². The number of hydrogen-bond acceptors (Lipinski definition) is 9. The van der Waals surface area contributed by atoms with Gasteiger partial charge in [-0.3, -0.25) is 9.59 Å². The number of hydrogen-bond donors (Lipinski definition) is 2. The highest BCUT2D eigenvalue weighted by molar-refractivity contribution is 7.17. The minimum Gasteiger partial charge on any atom is -0.508 e. The molecule has 2 fully saturated rings. The molecule has 228 valence electrons. The van der Waals surface area contributed by atoms with Crippen LogP contribution >= 0.6 is 11.3 Å². The summed E-state index contributed by atoms with van der Waals surface area (Å²) in [5, 5.41) is 24.9. The fraction of sp³-hybridized carbons (Fsp3) is 0.394. The lowest BCUT2D eigenvalue weighted by atomic mass is 10.0. The number of phenolic OH excluding ortho intramolecular Hbond substituents is 2. The normalized spacial score (nSPS) is 15.9. The van der Waals surface area contributed by atoms with Gasteiger partial charge >= 0.3 is 0 Å². The van der Waals surface area contributed by atoms with E-state index in [2.05, 4.69) is 14.5 Å². The van der Waals surface area contributed by atoms with Crippen LogP contribution in [0.25, 0.3) is 32.4 Å². The molecule has 1 amide bonds. The fourth-order valence-electron chi connectivity index (χ4n) is 6.59. The Hall–Kier alpha value is -4.38. The third kappa shape index (κ3) is 4.98. The Balaban J connectivity index is 1.24. The largest absolute Gasteiger partial charge is 0.508 e. The molecule has 0 spiro atoms. The predicted molar refractivity (Wildman–Crippen MR) is 171 cm³/mol. The molecule has 5 aromatic rings. The lowest BCUT2D eigenvalue weighted by molar-refractivity contribution is 0.0815. The molecule has 0 radical (unpaired) electrons. The Labute approximate surface area is 258 Å². The van der Waals surface area contributed by atoms with Crippen molar-refractivity contribution >= 4 is 44.4 Å². The van der Waals surface area contributed by atoms with E-state index in [1.807, 2.05) is 6.07 Å². The average molecular weight is 614 g/mol. The van der Waals surface area contributed by atoms with Crippen LogP contribution in [0, 0.1) is 0 Å². The molecule has 0 bridgehead atoms. The Morgan fingerprint density at radius 3 is 2.55 bits per heavy atom. The highest BCUT2D eigenvalue weighted by Gasteiger charge is 2.27. The van der Waals surface area contributed by atoms with Crippen LogP contribution < -0.4 is 10.3 Å². The van der Waals surface area contributed by atoms with Gasteiger partial charge in [0.05, 0.1) is 0 Å². The van der Waals surface area contributed by atoms with Gasteiger partial charge in [0.25, 0.3) is 5.91 Å². The van der Waals surface area contributed by atoms with Crippen molar-refractivity contribution in [2.45, 2.75) is 57.4 Å². The zero-order valence-corrected chi connectivity index (χ0v) is 25.7. The first-order chi connectivity index (χ1) is 21.3. The molecule has 1 aliphatic carbocycles. The Bertz CT molecular complexity index is 1950. The molecule has 2 N–H and O–H groups in total.